The van der Waals surface area contributed by atoms with Gasteiger partial charge in [0.25, 0.3) is 0 Å². The largest absolute Gasteiger partial charge is 0.389 e. The molecule has 1 rings (SSSR count). The van der Waals surface area contributed by atoms with E-state index < -0.39 is 6.10 Å². The minimum absolute atomic E-state index is 0.282. The van der Waals surface area contributed by atoms with Gasteiger partial charge in [0.1, 0.15) is 0 Å². The lowest BCUT2D eigenvalue weighted by atomic mass is 10.2. The fourth-order valence-corrected chi connectivity index (χ4v) is 1.48. The fraction of sp³-hybridized carbons (Fsp3) is 0.462. The molecule has 0 aliphatic rings. The first-order valence-electron chi connectivity index (χ1n) is 5.57. The number of aliphatic hydroxyl groups excluding tert-OH is 1. The van der Waals surface area contributed by atoms with Crippen LogP contribution in [0.5, 0.6) is 0 Å². The second kappa shape index (κ2) is 7.80. The first-order valence-corrected chi connectivity index (χ1v) is 5.57. The van der Waals surface area contributed by atoms with Crippen LogP contribution in [-0.4, -0.2) is 42.9 Å². The summed E-state index contributed by atoms with van der Waals surface area (Å²) in [5.41, 5.74) is 1.09. The van der Waals surface area contributed by atoms with Crippen molar-refractivity contribution in [1.29, 1.82) is 5.26 Å². The summed E-state index contributed by atoms with van der Waals surface area (Å²) in [5, 5.41) is 18.1. The third-order valence-corrected chi connectivity index (χ3v) is 2.28. The first-order chi connectivity index (χ1) is 8.22. The van der Waals surface area contributed by atoms with Crippen molar-refractivity contribution in [2.75, 3.05) is 26.7 Å². The summed E-state index contributed by atoms with van der Waals surface area (Å²) < 4.78 is 5.40. The summed E-state index contributed by atoms with van der Waals surface area (Å²) in [4.78, 5) is 1.76. The number of nitrogens with zero attached hydrogens (tertiary/aromatic N) is 2. The summed E-state index contributed by atoms with van der Waals surface area (Å²) in [5.74, 6) is 0. The second-order valence-electron chi connectivity index (χ2n) is 4.01. The minimum atomic E-state index is -0.558. The Bertz CT molecular complexity index is 348. The van der Waals surface area contributed by atoms with Crippen LogP contribution >= 0.6 is 0 Å². The van der Waals surface area contributed by atoms with Crippen molar-refractivity contribution in [2.45, 2.75) is 12.7 Å². The maximum Gasteiger partial charge on any atom is 0.0900 e. The van der Waals surface area contributed by atoms with E-state index in [1.54, 1.807) is 11.9 Å². The Morgan fingerprint density at radius 1 is 1.41 bits per heavy atom. The predicted molar refractivity (Wildman–Crippen MR) is 65.2 cm³/mol. The third-order valence-electron chi connectivity index (χ3n) is 2.28. The van der Waals surface area contributed by atoms with Crippen molar-refractivity contribution in [3.05, 3.63) is 35.9 Å². The Kier molecular flexibility index (Phi) is 6.26. The molecule has 17 heavy (non-hydrogen) atoms. The SMILES string of the molecule is CN(CC#N)CC(O)COCc1ccccc1. The highest BCUT2D eigenvalue weighted by Gasteiger charge is 2.07. The van der Waals surface area contributed by atoms with E-state index in [1.165, 1.54) is 0 Å². The summed E-state index contributed by atoms with van der Waals surface area (Å²) in [6.45, 7) is 1.54. The number of hydrogen-bond acceptors (Lipinski definition) is 4. The molecule has 0 saturated carbocycles. The van der Waals surface area contributed by atoms with Crippen molar-refractivity contribution in [1.82, 2.24) is 4.90 Å². The maximum absolute atomic E-state index is 9.65. The average molecular weight is 234 g/mol. The lowest BCUT2D eigenvalue weighted by Crippen LogP contribution is -2.32. The number of rotatable bonds is 7. The molecule has 0 spiro atoms. The Morgan fingerprint density at radius 3 is 2.76 bits per heavy atom. The lowest BCUT2D eigenvalue weighted by Gasteiger charge is -2.17. The van der Waals surface area contributed by atoms with Gasteiger partial charge in [0.2, 0.25) is 0 Å². The molecule has 0 saturated heterocycles. The summed E-state index contributed by atoms with van der Waals surface area (Å²) in [6.07, 6.45) is -0.558. The Balaban J connectivity index is 2.16. The normalized spacial score (nSPS) is 12.4. The van der Waals surface area contributed by atoms with Gasteiger partial charge in [0, 0.05) is 6.54 Å². The molecule has 0 bridgehead atoms. The molecule has 92 valence electrons. The fourth-order valence-electron chi connectivity index (χ4n) is 1.48. The van der Waals surface area contributed by atoms with Gasteiger partial charge in [-0.1, -0.05) is 30.3 Å². The maximum atomic E-state index is 9.65. The van der Waals surface area contributed by atoms with Gasteiger partial charge in [-0.3, -0.25) is 4.90 Å². The third kappa shape index (κ3) is 6.03. The number of hydrogen-bond donors (Lipinski definition) is 1. The standard InChI is InChI=1S/C13H18N2O2/c1-15(8-7-14)9-13(16)11-17-10-12-5-3-2-4-6-12/h2-6,13,16H,8-11H2,1H3. The number of aliphatic hydroxyl groups is 1. The molecule has 0 fully saturated rings. The van der Waals surface area contributed by atoms with Crippen LogP contribution in [0.1, 0.15) is 5.56 Å². The van der Waals surface area contributed by atoms with Crippen LogP contribution in [0.15, 0.2) is 30.3 Å². The van der Waals surface area contributed by atoms with Crippen LogP contribution in [-0.2, 0) is 11.3 Å². The van der Waals surface area contributed by atoms with Crippen LogP contribution in [0.3, 0.4) is 0 Å². The molecule has 1 aromatic carbocycles. The van der Waals surface area contributed by atoms with Crippen molar-refractivity contribution in [2.24, 2.45) is 0 Å². The Morgan fingerprint density at radius 2 is 2.12 bits per heavy atom. The van der Waals surface area contributed by atoms with Crippen molar-refractivity contribution < 1.29 is 9.84 Å². The van der Waals surface area contributed by atoms with Crippen molar-refractivity contribution >= 4 is 0 Å². The molecule has 1 unspecified atom stereocenters. The van der Waals surface area contributed by atoms with Crippen molar-refractivity contribution in [3.8, 4) is 6.07 Å². The zero-order chi connectivity index (χ0) is 12.5. The molecule has 0 radical (unpaired) electrons. The van der Waals surface area contributed by atoms with E-state index in [4.69, 9.17) is 10.00 Å². The number of benzene rings is 1. The molecule has 1 aromatic rings. The highest BCUT2D eigenvalue weighted by molar-refractivity contribution is 5.13. The average Bonchev–Trinajstić information content (AvgIpc) is 2.30. The number of nitriles is 1. The van der Waals surface area contributed by atoms with E-state index in [9.17, 15) is 5.11 Å². The van der Waals surface area contributed by atoms with E-state index in [-0.39, 0.29) is 6.61 Å². The quantitative estimate of drug-likeness (QED) is 0.716. The molecule has 0 heterocycles. The van der Waals surface area contributed by atoms with Gasteiger partial charge in [-0.05, 0) is 12.6 Å². The lowest BCUT2D eigenvalue weighted by molar-refractivity contribution is 0.0153. The molecule has 1 atom stereocenters. The number of likely N-dealkylation sites (N-methyl/N-ethyl adjacent to an activating group) is 1. The molecule has 0 aliphatic heterocycles. The van der Waals surface area contributed by atoms with Crippen LogP contribution in [0.25, 0.3) is 0 Å². The molecule has 1 N–H and O–H groups in total. The second-order valence-corrected chi connectivity index (χ2v) is 4.01. The van der Waals surface area contributed by atoms with Gasteiger partial charge in [-0.2, -0.15) is 5.26 Å². The van der Waals surface area contributed by atoms with E-state index in [0.717, 1.165) is 5.56 Å². The molecule has 4 heteroatoms. The highest BCUT2D eigenvalue weighted by atomic mass is 16.5. The van der Waals surface area contributed by atoms with Crippen LogP contribution in [0.2, 0.25) is 0 Å². The van der Waals surface area contributed by atoms with Gasteiger partial charge >= 0.3 is 0 Å². The molecule has 0 aromatic heterocycles. The predicted octanol–water partition coefficient (Wildman–Crippen LogP) is 1.02. The molecule has 0 aliphatic carbocycles. The van der Waals surface area contributed by atoms with Gasteiger partial charge in [-0.25, -0.2) is 0 Å². The zero-order valence-electron chi connectivity index (χ0n) is 10.0. The van der Waals surface area contributed by atoms with E-state index in [1.807, 2.05) is 36.4 Å². The smallest absolute Gasteiger partial charge is 0.0900 e. The Hall–Kier alpha value is -1.41. The van der Waals surface area contributed by atoms with E-state index in [0.29, 0.717) is 19.7 Å². The molecule has 0 amide bonds. The van der Waals surface area contributed by atoms with Crippen LogP contribution < -0.4 is 0 Å². The highest BCUT2D eigenvalue weighted by Crippen LogP contribution is 2.01. The van der Waals surface area contributed by atoms with Crippen LogP contribution in [0.4, 0.5) is 0 Å². The van der Waals surface area contributed by atoms with Crippen LogP contribution in [0, 0.1) is 11.3 Å². The zero-order valence-corrected chi connectivity index (χ0v) is 10.0. The minimum Gasteiger partial charge on any atom is -0.389 e. The molecular formula is C13H18N2O2. The molecular weight excluding hydrogens is 216 g/mol. The van der Waals surface area contributed by atoms with E-state index in [2.05, 4.69) is 0 Å². The van der Waals surface area contributed by atoms with Gasteiger partial charge in [-0.15, -0.1) is 0 Å². The summed E-state index contributed by atoms with van der Waals surface area (Å²) >= 11 is 0. The first kappa shape index (κ1) is 13.7. The molecule has 4 nitrogen and oxygen atoms in total. The van der Waals surface area contributed by atoms with Gasteiger partial charge in [0.15, 0.2) is 0 Å². The topological polar surface area (TPSA) is 56.5 Å². The number of ether oxygens (including phenoxy) is 1. The Labute approximate surface area is 102 Å². The summed E-state index contributed by atoms with van der Waals surface area (Å²) in [7, 11) is 1.80. The summed E-state index contributed by atoms with van der Waals surface area (Å²) in [6, 6.07) is 11.9. The monoisotopic (exact) mass is 234 g/mol. The van der Waals surface area contributed by atoms with Gasteiger partial charge < -0.3 is 9.84 Å². The van der Waals surface area contributed by atoms with E-state index >= 15 is 0 Å². The van der Waals surface area contributed by atoms with Crippen molar-refractivity contribution in [3.63, 3.8) is 0 Å². The van der Waals surface area contributed by atoms with Gasteiger partial charge in [0.05, 0.1) is 31.9 Å².